The van der Waals surface area contributed by atoms with Gasteiger partial charge in [-0.2, -0.15) is 0 Å². The van der Waals surface area contributed by atoms with Crippen molar-refractivity contribution in [3.63, 3.8) is 0 Å². The number of hydrogen-bond acceptors (Lipinski definition) is 5. The van der Waals surface area contributed by atoms with Crippen LogP contribution in [-0.2, 0) is 16.1 Å². The maximum absolute atomic E-state index is 12.7. The highest BCUT2D eigenvalue weighted by Crippen LogP contribution is 2.27. The summed E-state index contributed by atoms with van der Waals surface area (Å²) in [6.45, 7) is 6.92. The molecule has 2 heterocycles. The summed E-state index contributed by atoms with van der Waals surface area (Å²) in [6.07, 6.45) is 0.246. The first kappa shape index (κ1) is 22.0. The quantitative estimate of drug-likeness (QED) is 0.563. The van der Waals surface area contributed by atoms with E-state index in [1.807, 2.05) is 75.4 Å². The lowest BCUT2D eigenvalue weighted by atomic mass is 10.1. The molecule has 0 radical (unpaired) electrons. The van der Waals surface area contributed by atoms with Crippen molar-refractivity contribution >= 4 is 29.3 Å². The molecule has 0 spiro atoms. The van der Waals surface area contributed by atoms with E-state index in [0.29, 0.717) is 23.9 Å². The topological polar surface area (TPSA) is 75.2 Å². The Morgan fingerprint density at radius 1 is 1.03 bits per heavy atom. The summed E-state index contributed by atoms with van der Waals surface area (Å²) >= 11 is 1.48. The van der Waals surface area contributed by atoms with E-state index in [2.05, 4.69) is 15.3 Å². The molecule has 164 valence electrons. The van der Waals surface area contributed by atoms with Crippen LogP contribution in [0.4, 0.5) is 5.69 Å². The number of aromatic nitrogens is 2. The van der Waals surface area contributed by atoms with Gasteiger partial charge in [0.1, 0.15) is 0 Å². The number of hydrogen-bond donors (Lipinski definition) is 1. The lowest BCUT2D eigenvalue weighted by Crippen LogP contribution is -2.28. The summed E-state index contributed by atoms with van der Waals surface area (Å²) in [5.41, 5.74) is 4.85. The van der Waals surface area contributed by atoms with Gasteiger partial charge in [-0.05, 0) is 68.4 Å². The third-order valence-electron chi connectivity index (χ3n) is 5.37. The largest absolute Gasteiger partial charge is 0.338 e. The van der Waals surface area contributed by atoms with Gasteiger partial charge in [0.25, 0.3) is 0 Å². The Bertz CT molecular complexity index is 1110. The van der Waals surface area contributed by atoms with Crippen LogP contribution in [0.5, 0.6) is 0 Å². The number of amides is 2. The second-order valence-corrected chi connectivity index (χ2v) is 9.25. The first-order chi connectivity index (χ1) is 15.4. The van der Waals surface area contributed by atoms with E-state index in [-0.39, 0.29) is 24.2 Å². The number of benzene rings is 2. The third kappa shape index (κ3) is 5.53. The minimum absolute atomic E-state index is 0.0194. The van der Waals surface area contributed by atoms with Crippen LogP contribution >= 0.6 is 11.8 Å². The number of rotatable bonds is 6. The minimum atomic E-state index is -0.342. The van der Waals surface area contributed by atoms with Gasteiger partial charge in [0.15, 0.2) is 5.16 Å². The zero-order chi connectivity index (χ0) is 22.7. The summed E-state index contributed by atoms with van der Waals surface area (Å²) in [5, 5.41) is 3.65. The average molecular weight is 447 g/mol. The number of aryl methyl sites for hydroxylation is 3. The molecule has 3 aromatic rings. The van der Waals surface area contributed by atoms with Crippen LogP contribution in [0.3, 0.4) is 0 Å². The van der Waals surface area contributed by atoms with Crippen molar-refractivity contribution < 1.29 is 9.59 Å². The van der Waals surface area contributed by atoms with Crippen molar-refractivity contribution in [1.82, 2.24) is 14.9 Å². The van der Waals surface area contributed by atoms with Gasteiger partial charge in [-0.1, -0.05) is 29.8 Å². The fourth-order valence-corrected chi connectivity index (χ4v) is 4.57. The molecule has 0 aliphatic carbocycles. The highest BCUT2D eigenvalue weighted by molar-refractivity contribution is 7.99. The van der Waals surface area contributed by atoms with E-state index in [1.165, 1.54) is 17.3 Å². The van der Waals surface area contributed by atoms with E-state index >= 15 is 0 Å². The monoisotopic (exact) mass is 446 g/mol. The summed E-state index contributed by atoms with van der Waals surface area (Å²) in [6, 6.07) is 17.7. The zero-order valence-corrected chi connectivity index (χ0v) is 19.3. The lowest BCUT2D eigenvalue weighted by molar-refractivity contribution is -0.128. The molecule has 1 atom stereocenters. The Hall–Kier alpha value is -3.19. The first-order valence-electron chi connectivity index (χ1n) is 10.6. The molecule has 1 aliphatic heterocycles. The molecule has 1 N–H and O–H groups in total. The standard InChI is InChI=1S/C25H26N4O2S/c1-16-4-6-19(7-5-16)14-29-15-20(13-23(29)30)24(31)28-21-8-10-22(11-9-21)32-25-26-17(2)12-18(3)27-25/h4-12,20H,13-15H2,1-3H3,(H,28,31). The van der Waals surface area contributed by atoms with Crippen LogP contribution < -0.4 is 5.32 Å². The fraction of sp³-hybridized carbons (Fsp3) is 0.280. The number of nitrogens with one attached hydrogen (secondary N) is 1. The molecule has 2 aromatic carbocycles. The number of nitrogens with zero attached hydrogens (tertiary/aromatic N) is 3. The summed E-state index contributed by atoms with van der Waals surface area (Å²) in [5.74, 6) is -0.445. The maximum atomic E-state index is 12.7. The molecule has 1 aliphatic rings. The number of likely N-dealkylation sites (tertiary alicyclic amines) is 1. The molecule has 0 bridgehead atoms. The predicted molar refractivity (Wildman–Crippen MR) is 125 cm³/mol. The van der Waals surface area contributed by atoms with E-state index in [4.69, 9.17) is 0 Å². The van der Waals surface area contributed by atoms with E-state index in [9.17, 15) is 9.59 Å². The van der Waals surface area contributed by atoms with Crippen LogP contribution in [0, 0.1) is 26.7 Å². The Morgan fingerprint density at radius 2 is 1.69 bits per heavy atom. The Kier molecular flexibility index (Phi) is 6.55. The molecule has 1 aromatic heterocycles. The molecule has 2 amide bonds. The van der Waals surface area contributed by atoms with Gasteiger partial charge in [-0.3, -0.25) is 9.59 Å². The number of carbonyl (C=O) groups is 2. The number of anilines is 1. The van der Waals surface area contributed by atoms with Crippen molar-refractivity contribution in [2.24, 2.45) is 5.92 Å². The lowest BCUT2D eigenvalue weighted by Gasteiger charge is -2.17. The van der Waals surface area contributed by atoms with Crippen molar-refractivity contribution in [3.8, 4) is 0 Å². The third-order valence-corrected chi connectivity index (χ3v) is 6.25. The van der Waals surface area contributed by atoms with Crippen LogP contribution in [0.1, 0.15) is 28.9 Å². The van der Waals surface area contributed by atoms with Crippen molar-refractivity contribution in [1.29, 1.82) is 0 Å². The maximum Gasteiger partial charge on any atom is 0.229 e. The van der Waals surface area contributed by atoms with Crippen LogP contribution in [0.25, 0.3) is 0 Å². The summed E-state index contributed by atoms with van der Waals surface area (Å²) in [4.78, 5) is 36.8. The first-order valence-corrected chi connectivity index (χ1v) is 11.4. The molecule has 4 rings (SSSR count). The summed E-state index contributed by atoms with van der Waals surface area (Å²) < 4.78 is 0. The molecule has 0 saturated carbocycles. The van der Waals surface area contributed by atoms with Crippen molar-refractivity contribution in [2.75, 3.05) is 11.9 Å². The van der Waals surface area contributed by atoms with Gasteiger partial charge in [0.2, 0.25) is 11.8 Å². The van der Waals surface area contributed by atoms with Gasteiger partial charge in [0.05, 0.1) is 5.92 Å². The molecule has 1 fully saturated rings. The SMILES string of the molecule is Cc1ccc(CN2CC(C(=O)Nc3ccc(Sc4nc(C)cc(C)n4)cc3)CC2=O)cc1. The van der Waals surface area contributed by atoms with Gasteiger partial charge < -0.3 is 10.2 Å². The molecule has 32 heavy (non-hydrogen) atoms. The molecular weight excluding hydrogens is 420 g/mol. The van der Waals surface area contributed by atoms with E-state index < -0.39 is 0 Å². The van der Waals surface area contributed by atoms with E-state index in [1.54, 1.807) is 4.90 Å². The molecule has 7 heteroatoms. The smallest absolute Gasteiger partial charge is 0.229 e. The Labute approximate surface area is 192 Å². The van der Waals surface area contributed by atoms with E-state index in [0.717, 1.165) is 21.8 Å². The highest BCUT2D eigenvalue weighted by Gasteiger charge is 2.34. The van der Waals surface area contributed by atoms with Crippen LogP contribution in [0.15, 0.2) is 64.6 Å². The predicted octanol–water partition coefficient (Wildman–Crippen LogP) is 4.54. The molecule has 1 saturated heterocycles. The number of carbonyl (C=O) groups excluding carboxylic acids is 2. The van der Waals surface area contributed by atoms with Crippen LogP contribution in [-0.4, -0.2) is 33.2 Å². The van der Waals surface area contributed by atoms with Gasteiger partial charge >= 0.3 is 0 Å². The van der Waals surface area contributed by atoms with Gasteiger partial charge in [-0.15, -0.1) is 0 Å². The second kappa shape index (κ2) is 9.53. The fourth-order valence-electron chi connectivity index (χ4n) is 3.71. The Balaban J connectivity index is 1.33. The van der Waals surface area contributed by atoms with Gasteiger partial charge in [0, 0.05) is 41.5 Å². The Morgan fingerprint density at radius 3 is 2.34 bits per heavy atom. The highest BCUT2D eigenvalue weighted by atomic mass is 32.2. The second-order valence-electron chi connectivity index (χ2n) is 8.21. The normalized spacial score (nSPS) is 15.8. The van der Waals surface area contributed by atoms with Crippen molar-refractivity contribution in [3.05, 3.63) is 77.1 Å². The van der Waals surface area contributed by atoms with Gasteiger partial charge in [-0.25, -0.2) is 9.97 Å². The zero-order valence-electron chi connectivity index (χ0n) is 18.5. The molecule has 1 unspecified atom stereocenters. The minimum Gasteiger partial charge on any atom is -0.338 e. The van der Waals surface area contributed by atoms with Crippen molar-refractivity contribution in [2.45, 2.75) is 43.8 Å². The molecule has 6 nitrogen and oxygen atoms in total. The molecular formula is C25H26N4O2S. The summed E-state index contributed by atoms with van der Waals surface area (Å²) in [7, 11) is 0. The van der Waals surface area contributed by atoms with Crippen LogP contribution in [0.2, 0.25) is 0 Å². The average Bonchev–Trinajstić information content (AvgIpc) is 3.11.